The topological polar surface area (TPSA) is 43.8 Å². The molecule has 2 rings (SSSR count). The molecule has 1 aromatic carbocycles. The Morgan fingerprint density at radius 3 is 2.30 bits per heavy atom. The summed E-state index contributed by atoms with van der Waals surface area (Å²) < 4.78 is 2.97. The van der Waals surface area contributed by atoms with Gasteiger partial charge in [0.2, 0.25) is 0 Å². The van der Waals surface area contributed by atoms with Crippen LogP contribution in [0.15, 0.2) is 28.7 Å². The summed E-state index contributed by atoms with van der Waals surface area (Å²) in [5.41, 5.74) is 10.4. The Bertz CT molecular complexity index is 591. The second-order valence-corrected chi connectivity index (χ2v) is 6.89. The first kappa shape index (κ1) is 15.3. The summed E-state index contributed by atoms with van der Waals surface area (Å²) in [4.78, 5) is 0. The Balaban J connectivity index is 2.42. The number of aromatic nitrogens is 2. The summed E-state index contributed by atoms with van der Waals surface area (Å²) >= 11 is 3.66. The van der Waals surface area contributed by atoms with E-state index in [0.717, 1.165) is 22.3 Å². The highest BCUT2D eigenvalue weighted by molar-refractivity contribution is 9.10. The van der Waals surface area contributed by atoms with E-state index in [1.807, 2.05) is 11.7 Å². The average Bonchev–Trinajstić information content (AvgIpc) is 2.64. The Morgan fingerprint density at radius 2 is 1.80 bits per heavy atom. The van der Waals surface area contributed by atoms with Crippen LogP contribution in [0.3, 0.4) is 0 Å². The molecule has 108 valence electrons. The van der Waals surface area contributed by atoms with Gasteiger partial charge in [-0.3, -0.25) is 4.68 Å². The summed E-state index contributed by atoms with van der Waals surface area (Å²) in [5, 5.41) is 4.54. The molecule has 0 aliphatic carbocycles. The van der Waals surface area contributed by atoms with E-state index in [1.54, 1.807) is 0 Å². The Kier molecular flexibility index (Phi) is 4.35. The van der Waals surface area contributed by atoms with Gasteiger partial charge in [0.15, 0.2) is 0 Å². The van der Waals surface area contributed by atoms with Gasteiger partial charge in [-0.15, -0.1) is 0 Å². The molecule has 0 aliphatic rings. The molecule has 0 saturated heterocycles. The lowest BCUT2D eigenvalue weighted by atomic mass is 9.86. The molecule has 0 unspecified atom stereocenters. The molecular weight excluding hydrogens is 314 g/mol. The van der Waals surface area contributed by atoms with E-state index < -0.39 is 0 Å². The predicted molar refractivity (Wildman–Crippen MR) is 87.8 cm³/mol. The molecule has 0 amide bonds. The average molecular weight is 336 g/mol. The highest BCUT2D eigenvalue weighted by Gasteiger charge is 2.17. The quantitative estimate of drug-likeness (QED) is 0.930. The van der Waals surface area contributed by atoms with Gasteiger partial charge in [0.25, 0.3) is 0 Å². The fraction of sp³-hybridized carbons (Fsp3) is 0.438. The van der Waals surface area contributed by atoms with Crippen molar-refractivity contribution in [2.75, 3.05) is 6.54 Å². The van der Waals surface area contributed by atoms with Crippen LogP contribution in [0.5, 0.6) is 0 Å². The molecule has 20 heavy (non-hydrogen) atoms. The Morgan fingerprint density at radius 1 is 1.20 bits per heavy atom. The molecule has 3 nitrogen and oxygen atoms in total. The molecule has 0 saturated carbocycles. The number of nitrogens with two attached hydrogens (primary N) is 1. The van der Waals surface area contributed by atoms with Gasteiger partial charge in [0, 0.05) is 19.0 Å². The van der Waals surface area contributed by atoms with Crippen LogP contribution in [-0.4, -0.2) is 16.3 Å². The minimum atomic E-state index is 0.174. The van der Waals surface area contributed by atoms with Crippen molar-refractivity contribution in [2.45, 2.75) is 32.6 Å². The van der Waals surface area contributed by atoms with E-state index in [1.165, 1.54) is 11.1 Å². The van der Waals surface area contributed by atoms with Crippen molar-refractivity contribution >= 4 is 15.9 Å². The summed E-state index contributed by atoms with van der Waals surface area (Å²) in [6.45, 7) is 7.28. The first-order valence-corrected chi connectivity index (χ1v) is 7.66. The molecular formula is C16H22BrN3. The van der Waals surface area contributed by atoms with Crippen molar-refractivity contribution in [1.82, 2.24) is 9.78 Å². The zero-order valence-corrected chi connectivity index (χ0v) is 14.2. The van der Waals surface area contributed by atoms with E-state index in [2.05, 4.69) is 66.1 Å². The van der Waals surface area contributed by atoms with Crippen molar-refractivity contribution in [3.63, 3.8) is 0 Å². The maximum absolute atomic E-state index is 5.63. The molecule has 1 heterocycles. The van der Waals surface area contributed by atoms with Crippen molar-refractivity contribution < 1.29 is 0 Å². The Hall–Kier alpha value is -1.13. The fourth-order valence-electron chi connectivity index (χ4n) is 2.29. The van der Waals surface area contributed by atoms with Crippen molar-refractivity contribution in [3.05, 3.63) is 40.0 Å². The monoisotopic (exact) mass is 335 g/mol. The minimum absolute atomic E-state index is 0.174. The smallest absolute Gasteiger partial charge is 0.0824 e. The van der Waals surface area contributed by atoms with Crippen LogP contribution in [0.4, 0.5) is 0 Å². The third-order valence-corrected chi connectivity index (χ3v) is 4.29. The van der Waals surface area contributed by atoms with Gasteiger partial charge < -0.3 is 5.73 Å². The predicted octanol–water partition coefficient (Wildman–Crippen LogP) is 3.65. The summed E-state index contributed by atoms with van der Waals surface area (Å²) in [7, 11) is 1.97. The van der Waals surface area contributed by atoms with Crippen LogP contribution < -0.4 is 5.73 Å². The van der Waals surface area contributed by atoms with Crippen LogP contribution in [0.25, 0.3) is 11.3 Å². The van der Waals surface area contributed by atoms with Crippen LogP contribution in [0, 0.1) is 0 Å². The molecule has 0 bridgehead atoms. The van der Waals surface area contributed by atoms with E-state index >= 15 is 0 Å². The largest absolute Gasteiger partial charge is 0.330 e. The summed E-state index contributed by atoms with van der Waals surface area (Å²) in [6, 6.07) is 8.71. The molecule has 2 aromatic rings. The molecule has 0 radical (unpaired) electrons. The zero-order valence-electron chi connectivity index (χ0n) is 12.6. The summed E-state index contributed by atoms with van der Waals surface area (Å²) in [5.74, 6) is 0. The molecule has 0 aliphatic heterocycles. The lowest BCUT2D eigenvalue weighted by Crippen LogP contribution is -2.10. The zero-order chi connectivity index (χ0) is 14.9. The molecule has 2 N–H and O–H groups in total. The molecule has 4 heteroatoms. The number of aryl methyl sites for hydroxylation is 1. The van der Waals surface area contributed by atoms with Gasteiger partial charge in [-0.2, -0.15) is 5.10 Å². The van der Waals surface area contributed by atoms with Gasteiger partial charge >= 0.3 is 0 Å². The maximum Gasteiger partial charge on any atom is 0.0824 e. The summed E-state index contributed by atoms with van der Waals surface area (Å²) in [6.07, 6.45) is 0.786. The second-order valence-electron chi connectivity index (χ2n) is 6.10. The highest BCUT2D eigenvalue weighted by atomic mass is 79.9. The van der Waals surface area contributed by atoms with Crippen molar-refractivity contribution in [1.29, 1.82) is 0 Å². The highest BCUT2D eigenvalue weighted by Crippen LogP contribution is 2.32. The van der Waals surface area contributed by atoms with Crippen LogP contribution >= 0.6 is 15.9 Å². The number of rotatable bonds is 3. The van der Waals surface area contributed by atoms with Crippen LogP contribution in [0.1, 0.15) is 32.0 Å². The third-order valence-electron chi connectivity index (χ3n) is 3.46. The number of benzene rings is 1. The van der Waals surface area contributed by atoms with Gasteiger partial charge in [0.1, 0.15) is 0 Å². The third kappa shape index (κ3) is 2.96. The normalized spacial score (nSPS) is 11.9. The second kappa shape index (κ2) is 5.70. The van der Waals surface area contributed by atoms with E-state index in [9.17, 15) is 0 Å². The van der Waals surface area contributed by atoms with Crippen molar-refractivity contribution in [2.24, 2.45) is 12.8 Å². The van der Waals surface area contributed by atoms with E-state index in [0.29, 0.717) is 6.54 Å². The van der Waals surface area contributed by atoms with Gasteiger partial charge in [-0.05, 0) is 33.5 Å². The molecule has 1 aromatic heterocycles. The van der Waals surface area contributed by atoms with E-state index in [4.69, 9.17) is 5.73 Å². The number of hydrogen-bond donors (Lipinski definition) is 1. The lowest BCUT2D eigenvalue weighted by molar-refractivity contribution is 0.590. The van der Waals surface area contributed by atoms with Crippen LogP contribution in [0.2, 0.25) is 0 Å². The fourth-order valence-corrected chi connectivity index (χ4v) is 3.05. The number of nitrogens with zero attached hydrogens (tertiary/aromatic N) is 2. The molecule has 0 spiro atoms. The lowest BCUT2D eigenvalue weighted by Gasteiger charge is -2.19. The van der Waals surface area contributed by atoms with Gasteiger partial charge in [-0.1, -0.05) is 45.0 Å². The maximum atomic E-state index is 5.63. The van der Waals surface area contributed by atoms with Gasteiger partial charge in [0.05, 0.1) is 15.9 Å². The molecule has 0 atom stereocenters. The number of halogens is 1. The minimum Gasteiger partial charge on any atom is -0.330 e. The molecule has 0 fully saturated rings. The standard InChI is InChI=1S/C16H22BrN3/c1-16(2,3)12-7-5-11(6-8-12)15-14(17)13(9-10-18)19-20(15)4/h5-8H,9-10,18H2,1-4H3. The first-order valence-electron chi connectivity index (χ1n) is 6.87. The van der Waals surface area contributed by atoms with E-state index in [-0.39, 0.29) is 5.41 Å². The number of hydrogen-bond acceptors (Lipinski definition) is 2. The Labute approximate surface area is 129 Å². The van der Waals surface area contributed by atoms with Gasteiger partial charge in [-0.25, -0.2) is 0 Å². The SMILES string of the molecule is Cn1nc(CCN)c(Br)c1-c1ccc(C(C)(C)C)cc1. The first-order chi connectivity index (χ1) is 9.34. The van der Waals surface area contributed by atoms with Crippen LogP contribution in [-0.2, 0) is 18.9 Å². The van der Waals surface area contributed by atoms with Crippen molar-refractivity contribution in [3.8, 4) is 11.3 Å².